The molecule has 1 fully saturated rings. The number of rotatable bonds is 3. The highest BCUT2D eigenvalue weighted by Gasteiger charge is 2.21. The van der Waals surface area contributed by atoms with Gasteiger partial charge in [0, 0.05) is 12.6 Å². The topological polar surface area (TPSA) is 21.9 Å². The molecule has 2 rings (SSSR count). The molecule has 1 heterocycles. The van der Waals surface area contributed by atoms with Gasteiger partial charge in [0.15, 0.2) is 0 Å². The van der Waals surface area contributed by atoms with Crippen LogP contribution in [-0.4, -0.2) is 12.3 Å². The van der Waals surface area contributed by atoms with E-state index in [4.69, 9.17) is 0 Å². The molecule has 1 aromatic carbocycles. The lowest BCUT2D eigenvalue weighted by molar-refractivity contribution is 1.07. The lowest BCUT2D eigenvalue weighted by Crippen LogP contribution is -1.88. The standard InChI is InChI=1S/C10H13NS/c12-6-5-8-1-3-9(4-2-8)10-7-11-10/h1-4,10-12H,5-7H2. The summed E-state index contributed by atoms with van der Waals surface area (Å²) < 4.78 is 0. The van der Waals surface area contributed by atoms with Crippen molar-refractivity contribution in [3.63, 3.8) is 0 Å². The van der Waals surface area contributed by atoms with Gasteiger partial charge in [-0.05, 0) is 23.3 Å². The number of thiol groups is 1. The van der Waals surface area contributed by atoms with E-state index in [1.807, 2.05) is 0 Å². The zero-order chi connectivity index (χ0) is 8.39. The van der Waals surface area contributed by atoms with Crippen molar-refractivity contribution in [1.82, 2.24) is 5.32 Å². The Morgan fingerprint density at radius 3 is 2.50 bits per heavy atom. The molecule has 64 valence electrons. The number of hydrogen-bond donors (Lipinski definition) is 2. The second-order valence-corrected chi connectivity index (χ2v) is 3.62. The van der Waals surface area contributed by atoms with Gasteiger partial charge >= 0.3 is 0 Å². The monoisotopic (exact) mass is 179 g/mol. The Balaban J connectivity index is 2.08. The molecule has 1 atom stereocenters. The van der Waals surface area contributed by atoms with E-state index in [0.29, 0.717) is 6.04 Å². The van der Waals surface area contributed by atoms with Crippen molar-refractivity contribution >= 4 is 12.6 Å². The summed E-state index contributed by atoms with van der Waals surface area (Å²) >= 11 is 4.20. The van der Waals surface area contributed by atoms with Gasteiger partial charge in [-0.15, -0.1) is 0 Å². The Bertz CT molecular complexity index is 251. The molecule has 1 saturated heterocycles. The normalized spacial score (nSPS) is 20.9. The van der Waals surface area contributed by atoms with Crippen LogP contribution in [0.3, 0.4) is 0 Å². The molecule has 1 aliphatic rings. The first kappa shape index (κ1) is 8.14. The minimum Gasteiger partial charge on any atom is -0.307 e. The van der Waals surface area contributed by atoms with Crippen molar-refractivity contribution in [1.29, 1.82) is 0 Å². The van der Waals surface area contributed by atoms with Gasteiger partial charge in [-0.25, -0.2) is 0 Å². The van der Waals surface area contributed by atoms with Crippen LogP contribution in [0.4, 0.5) is 0 Å². The predicted molar refractivity (Wildman–Crippen MR) is 54.7 cm³/mol. The quantitative estimate of drug-likeness (QED) is 0.536. The highest BCUT2D eigenvalue weighted by molar-refractivity contribution is 7.80. The second kappa shape index (κ2) is 3.50. The van der Waals surface area contributed by atoms with Crippen LogP contribution in [0.25, 0.3) is 0 Å². The fraction of sp³-hybridized carbons (Fsp3) is 0.400. The minimum atomic E-state index is 0.634. The van der Waals surface area contributed by atoms with Gasteiger partial charge in [-0.2, -0.15) is 12.6 Å². The molecule has 0 radical (unpaired) electrons. The van der Waals surface area contributed by atoms with Crippen molar-refractivity contribution in [2.24, 2.45) is 0 Å². The summed E-state index contributed by atoms with van der Waals surface area (Å²) in [6, 6.07) is 9.46. The summed E-state index contributed by atoms with van der Waals surface area (Å²) in [6.45, 7) is 1.14. The van der Waals surface area contributed by atoms with Crippen LogP contribution in [-0.2, 0) is 6.42 Å². The van der Waals surface area contributed by atoms with E-state index in [1.165, 1.54) is 11.1 Å². The van der Waals surface area contributed by atoms with Crippen molar-refractivity contribution < 1.29 is 0 Å². The number of aryl methyl sites for hydroxylation is 1. The molecule has 0 amide bonds. The Labute approximate surface area is 78.6 Å². The van der Waals surface area contributed by atoms with E-state index in [2.05, 4.69) is 42.2 Å². The van der Waals surface area contributed by atoms with E-state index in [9.17, 15) is 0 Å². The first-order chi connectivity index (χ1) is 5.90. The fourth-order valence-corrected chi connectivity index (χ4v) is 1.60. The molecule has 1 N–H and O–H groups in total. The highest BCUT2D eigenvalue weighted by atomic mass is 32.1. The third-order valence-corrected chi connectivity index (χ3v) is 2.41. The van der Waals surface area contributed by atoms with Gasteiger partial charge in [0.1, 0.15) is 0 Å². The summed E-state index contributed by atoms with van der Waals surface area (Å²) in [5.74, 6) is 0.932. The van der Waals surface area contributed by atoms with Crippen LogP contribution in [0.1, 0.15) is 17.2 Å². The molecule has 1 aliphatic heterocycles. The van der Waals surface area contributed by atoms with Crippen LogP contribution in [0, 0.1) is 0 Å². The highest BCUT2D eigenvalue weighted by Crippen LogP contribution is 2.21. The molecule has 0 aromatic heterocycles. The summed E-state index contributed by atoms with van der Waals surface area (Å²) in [7, 11) is 0. The Morgan fingerprint density at radius 2 is 2.00 bits per heavy atom. The molecule has 0 aliphatic carbocycles. The Morgan fingerprint density at radius 1 is 1.33 bits per heavy atom. The number of hydrogen-bond acceptors (Lipinski definition) is 2. The van der Waals surface area contributed by atoms with Gasteiger partial charge < -0.3 is 5.32 Å². The zero-order valence-corrected chi connectivity index (χ0v) is 7.85. The third kappa shape index (κ3) is 1.82. The predicted octanol–water partition coefficient (Wildman–Crippen LogP) is 1.80. The lowest BCUT2D eigenvalue weighted by atomic mass is 10.1. The van der Waals surface area contributed by atoms with Crippen LogP contribution < -0.4 is 5.32 Å². The maximum atomic E-state index is 4.20. The summed E-state index contributed by atoms with van der Waals surface area (Å²) in [4.78, 5) is 0. The SMILES string of the molecule is SCCc1ccc(C2CN2)cc1. The zero-order valence-electron chi connectivity index (χ0n) is 6.96. The van der Waals surface area contributed by atoms with Gasteiger partial charge in [-0.3, -0.25) is 0 Å². The molecule has 1 unspecified atom stereocenters. The van der Waals surface area contributed by atoms with Crippen molar-refractivity contribution in [2.45, 2.75) is 12.5 Å². The van der Waals surface area contributed by atoms with Gasteiger partial charge in [0.2, 0.25) is 0 Å². The maximum Gasteiger partial charge on any atom is 0.0447 e. The number of benzene rings is 1. The summed E-state index contributed by atoms with van der Waals surface area (Å²) in [5.41, 5.74) is 2.80. The van der Waals surface area contributed by atoms with E-state index >= 15 is 0 Å². The average Bonchev–Trinajstić information content (AvgIpc) is 2.89. The van der Waals surface area contributed by atoms with Gasteiger partial charge in [-0.1, -0.05) is 24.3 Å². The van der Waals surface area contributed by atoms with E-state index in [0.717, 1.165) is 18.7 Å². The summed E-state index contributed by atoms with van der Waals surface area (Å²) in [5, 5.41) is 3.29. The minimum absolute atomic E-state index is 0.634. The summed E-state index contributed by atoms with van der Waals surface area (Å²) in [6.07, 6.45) is 1.07. The van der Waals surface area contributed by atoms with E-state index in [1.54, 1.807) is 0 Å². The van der Waals surface area contributed by atoms with Crippen LogP contribution in [0.5, 0.6) is 0 Å². The fourth-order valence-electron chi connectivity index (χ4n) is 1.34. The molecular formula is C10H13NS. The molecule has 1 aromatic rings. The molecule has 0 spiro atoms. The Kier molecular flexibility index (Phi) is 2.38. The molecule has 0 bridgehead atoms. The van der Waals surface area contributed by atoms with Crippen LogP contribution in [0.2, 0.25) is 0 Å². The van der Waals surface area contributed by atoms with Gasteiger partial charge in [0.25, 0.3) is 0 Å². The lowest BCUT2D eigenvalue weighted by Gasteiger charge is -1.99. The largest absolute Gasteiger partial charge is 0.307 e. The molecule has 1 nitrogen and oxygen atoms in total. The van der Waals surface area contributed by atoms with Crippen molar-refractivity contribution in [3.8, 4) is 0 Å². The maximum absolute atomic E-state index is 4.20. The number of nitrogens with one attached hydrogen (secondary N) is 1. The van der Waals surface area contributed by atoms with Crippen LogP contribution in [0.15, 0.2) is 24.3 Å². The van der Waals surface area contributed by atoms with Crippen molar-refractivity contribution in [3.05, 3.63) is 35.4 Å². The first-order valence-corrected chi connectivity index (χ1v) is 4.96. The Hall–Kier alpha value is -0.470. The molecular weight excluding hydrogens is 166 g/mol. The second-order valence-electron chi connectivity index (χ2n) is 3.18. The molecule has 2 heteroatoms. The van der Waals surface area contributed by atoms with Crippen LogP contribution >= 0.6 is 12.6 Å². The van der Waals surface area contributed by atoms with Crippen molar-refractivity contribution in [2.75, 3.05) is 12.3 Å². The third-order valence-electron chi connectivity index (χ3n) is 2.19. The first-order valence-electron chi connectivity index (χ1n) is 4.33. The van der Waals surface area contributed by atoms with E-state index in [-0.39, 0.29) is 0 Å². The molecule has 12 heavy (non-hydrogen) atoms. The average molecular weight is 179 g/mol. The molecule has 0 saturated carbocycles. The van der Waals surface area contributed by atoms with Gasteiger partial charge in [0.05, 0.1) is 0 Å². The smallest absolute Gasteiger partial charge is 0.0447 e. The van der Waals surface area contributed by atoms with E-state index < -0.39 is 0 Å².